The molecule has 3 heterocycles. The van der Waals surface area contributed by atoms with Crippen LogP contribution in [0.3, 0.4) is 0 Å². The minimum Gasteiger partial charge on any atom is -0.338 e. The molecule has 2 N–H and O–H groups in total. The average molecular weight is 385 g/mol. The summed E-state index contributed by atoms with van der Waals surface area (Å²) >= 11 is 0. The van der Waals surface area contributed by atoms with Crippen LogP contribution in [0.5, 0.6) is 0 Å². The van der Waals surface area contributed by atoms with Gasteiger partial charge in [0.25, 0.3) is 11.1 Å². The first kappa shape index (κ1) is 17.1. The summed E-state index contributed by atoms with van der Waals surface area (Å²) in [4.78, 5) is 38.5. The van der Waals surface area contributed by atoms with Crippen molar-refractivity contribution in [3.05, 3.63) is 87.0 Å². The van der Waals surface area contributed by atoms with Crippen molar-refractivity contribution in [3.8, 4) is 11.4 Å². The summed E-state index contributed by atoms with van der Waals surface area (Å²) < 4.78 is 5.43. The maximum absolute atomic E-state index is 12.5. The lowest BCUT2D eigenvalue weighted by Crippen LogP contribution is -2.15. The standard InChI is InChI=1S/C21H15N5O3/c1-11(14-8-12-4-2-3-5-16(12)24-20(14)28)21-25-18(26-29-21)13-6-7-17-15(9-13)19(27)23-10-22-17/h2-11H,1H3,(H,24,28)(H,22,23,27). The topological polar surface area (TPSA) is 118 Å². The van der Waals surface area contributed by atoms with Gasteiger partial charge in [-0.1, -0.05) is 23.4 Å². The normalized spacial score (nSPS) is 12.4. The summed E-state index contributed by atoms with van der Waals surface area (Å²) in [6.07, 6.45) is 1.36. The van der Waals surface area contributed by atoms with Gasteiger partial charge in [-0.25, -0.2) is 4.98 Å². The lowest BCUT2D eigenvalue weighted by molar-refractivity contribution is 0.370. The number of H-pyrrole nitrogens is 2. The zero-order chi connectivity index (χ0) is 20.0. The Hall–Kier alpha value is -4.07. The van der Waals surface area contributed by atoms with Gasteiger partial charge in [0.1, 0.15) is 0 Å². The van der Waals surface area contributed by atoms with Crippen LogP contribution in [-0.4, -0.2) is 25.1 Å². The maximum atomic E-state index is 12.5. The highest BCUT2D eigenvalue weighted by Crippen LogP contribution is 2.25. The summed E-state index contributed by atoms with van der Waals surface area (Å²) in [5, 5.41) is 5.40. The molecule has 3 aromatic heterocycles. The van der Waals surface area contributed by atoms with E-state index in [9.17, 15) is 9.59 Å². The van der Waals surface area contributed by atoms with E-state index in [-0.39, 0.29) is 11.1 Å². The first-order valence-electron chi connectivity index (χ1n) is 9.03. The molecular weight excluding hydrogens is 370 g/mol. The Bertz CT molecular complexity index is 1480. The van der Waals surface area contributed by atoms with Crippen molar-refractivity contribution in [2.75, 3.05) is 0 Å². The molecule has 0 fully saturated rings. The van der Waals surface area contributed by atoms with Gasteiger partial charge in [0.15, 0.2) is 0 Å². The molecule has 142 valence electrons. The zero-order valence-corrected chi connectivity index (χ0v) is 15.3. The predicted octanol–water partition coefficient (Wildman–Crippen LogP) is 2.97. The summed E-state index contributed by atoms with van der Waals surface area (Å²) in [5.74, 6) is 0.269. The second-order valence-electron chi connectivity index (χ2n) is 6.78. The van der Waals surface area contributed by atoms with Crippen LogP contribution in [0, 0.1) is 0 Å². The van der Waals surface area contributed by atoms with Crippen molar-refractivity contribution in [3.63, 3.8) is 0 Å². The van der Waals surface area contributed by atoms with Crippen molar-refractivity contribution < 1.29 is 4.52 Å². The van der Waals surface area contributed by atoms with Gasteiger partial charge < -0.3 is 14.5 Å². The number of nitrogens with zero attached hydrogens (tertiary/aromatic N) is 3. The molecule has 8 heteroatoms. The number of rotatable bonds is 3. The number of nitrogens with one attached hydrogen (secondary N) is 2. The van der Waals surface area contributed by atoms with Crippen molar-refractivity contribution in [1.82, 2.24) is 25.1 Å². The van der Waals surface area contributed by atoms with E-state index >= 15 is 0 Å². The minimum atomic E-state index is -0.393. The van der Waals surface area contributed by atoms with Crippen molar-refractivity contribution >= 4 is 21.8 Å². The molecule has 0 bridgehead atoms. The average Bonchev–Trinajstić information content (AvgIpc) is 3.23. The van der Waals surface area contributed by atoms with Gasteiger partial charge in [-0.15, -0.1) is 0 Å². The first-order chi connectivity index (χ1) is 14.1. The largest absolute Gasteiger partial charge is 0.338 e. The third-order valence-electron chi connectivity index (χ3n) is 4.96. The van der Waals surface area contributed by atoms with Crippen molar-refractivity contribution in [2.45, 2.75) is 12.8 Å². The number of benzene rings is 2. The Morgan fingerprint density at radius 2 is 1.90 bits per heavy atom. The van der Waals surface area contributed by atoms with Gasteiger partial charge in [-0.05, 0) is 42.6 Å². The Morgan fingerprint density at radius 3 is 2.79 bits per heavy atom. The molecule has 0 aliphatic carbocycles. The van der Waals surface area contributed by atoms with Crippen LogP contribution in [-0.2, 0) is 0 Å². The third kappa shape index (κ3) is 2.91. The Kier molecular flexibility index (Phi) is 3.83. The van der Waals surface area contributed by atoms with E-state index in [1.54, 1.807) is 18.2 Å². The lowest BCUT2D eigenvalue weighted by atomic mass is 10.0. The highest BCUT2D eigenvalue weighted by atomic mass is 16.5. The fourth-order valence-corrected chi connectivity index (χ4v) is 3.36. The van der Waals surface area contributed by atoms with Gasteiger partial charge in [0, 0.05) is 16.6 Å². The van der Waals surface area contributed by atoms with Crippen LogP contribution in [0.15, 0.2) is 69.0 Å². The Labute approximate surface area is 163 Å². The van der Waals surface area contributed by atoms with E-state index in [0.717, 1.165) is 10.9 Å². The number of aromatic amines is 2. The number of hydrogen-bond donors (Lipinski definition) is 2. The molecule has 5 aromatic rings. The fourth-order valence-electron chi connectivity index (χ4n) is 3.36. The van der Waals surface area contributed by atoms with Crippen LogP contribution in [0.2, 0.25) is 0 Å². The third-order valence-corrected chi connectivity index (χ3v) is 4.96. The van der Waals surface area contributed by atoms with Gasteiger partial charge >= 0.3 is 0 Å². The Morgan fingerprint density at radius 1 is 1.03 bits per heavy atom. The van der Waals surface area contributed by atoms with Crippen LogP contribution < -0.4 is 11.1 Å². The molecule has 0 radical (unpaired) electrons. The highest BCUT2D eigenvalue weighted by molar-refractivity contribution is 5.82. The van der Waals surface area contributed by atoms with E-state index < -0.39 is 5.92 Å². The number of hydrogen-bond acceptors (Lipinski definition) is 6. The second kappa shape index (κ2) is 6.52. The number of fused-ring (bicyclic) bond motifs is 2. The summed E-state index contributed by atoms with van der Waals surface area (Å²) in [6.45, 7) is 1.84. The second-order valence-corrected chi connectivity index (χ2v) is 6.78. The van der Waals surface area contributed by atoms with Crippen LogP contribution in [0.25, 0.3) is 33.2 Å². The van der Waals surface area contributed by atoms with E-state index in [4.69, 9.17) is 4.52 Å². The van der Waals surface area contributed by atoms with Gasteiger partial charge in [-0.3, -0.25) is 9.59 Å². The summed E-state index contributed by atoms with van der Waals surface area (Å²) in [6, 6.07) is 14.6. The predicted molar refractivity (Wildman–Crippen MR) is 108 cm³/mol. The molecule has 1 atom stereocenters. The molecule has 0 aliphatic heterocycles. The lowest BCUT2D eigenvalue weighted by Gasteiger charge is -2.07. The molecule has 0 saturated carbocycles. The van der Waals surface area contributed by atoms with Gasteiger partial charge in [0.2, 0.25) is 11.7 Å². The minimum absolute atomic E-state index is 0.195. The molecule has 0 spiro atoms. The molecule has 2 aromatic carbocycles. The molecule has 29 heavy (non-hydrogen) atoms. The van der Waals surface area contributed by atoms with E-state index in [1.807, 2.05) is 37.3 Å². The summed E-state index contributed by atoms with van der Waals surface area (Å²) in [5.41, 5.74) is 2.09. The molecular formula is C21H15N5O3. The van der Waals surface area contributed by atoms with Crippen molar-refractivity contribution in [2.24, 2.45) is 0 Å². The van der Waals surface area contributed by atoms with E-state index in [0.29, 0.717) is 33.7 Å². The zero-order valence-electron chi connectivity index (χ0n) is 15.3. The van der Waals surface area contributed by atoms with Crippen LogP contribution >= 0.6 is 0 Å². The quantitative estimate of drug-likeness (QED) is 0.493. The number of aromatic nitrogens is 5. The highest BCUT2D eigenvalue weighted by Gasteiger charge is 2.20. The number of para-hydroxylation sites is 1. The smallest absolute Gasteiger partial charge is 0.258 e. The summed E-state index contributed by atoms with van der Waals surface area (Å²) in [7, 11) is 0. The van der Waals surface area contributed by atoms with E-state index in [2.05, 4.69) is 25.1 Å². The Balaban J connectivity index is 1.55. The molecule has 1 unspecified atom stereocenters. The van der Waals surface area contributed by atoms with E-state index in [1.165, 1.54) is 6.33 Å². The first-order valence-corrected chi connectivity index (χ1v) is 9.03. The van der Waals surface area contributed by atoms with Crippen molar-refractivity contribution in [1.29, 1.82) is 0 Å². The molecule has 8 nitrogen and oxygen atoms in total. The molecule has 0 saturated heterocycles. The molecule has 0 aliphatic rings. The number of pyridine rings is 1. The maximum Gasteiger partial charge on any atom is 0.258 e. The fraction of sp³-hybridized carbons (Fsp3) is 0.0952. The monoisotopic (exact) mass is 385 g/mol. The van der Waals surface area contributed by atoms with Gasteiger partial charge in [0.05, 0.1) is 23.1 Å². The SMILES string of the molecule is CC(c1nc(-c2ccc3nc[nH]c(=O)c3c2)no1)c1cc2ccccc2[nH]c1=O. The molecule has 0 amide bonds. The molecule has 5 rings (SSSR count). The van der Waals surface area contributed by atoms with Gasteiger partial charge in [-0.2, -0.15) is 4.98 Å². The van der Waals surface area contributed by atoms with Crippen LogP contribution in [0.1, 0.15) is 24.3 Å². The van der Waals surface area contributed by atoms with Crippen LogP contribution in [0.4, 0.5) is 0 Å².